The van der Waals surface area contributed by atoms with E-state index in [0.717, 1.165) is 29.0 Å². The Morgan fingerprint density at radius 1 is 1.12 bits per heavy atom. The van der Waals surface area contributed by atoms with Crippen LogP contribution >= 0.6 is 11.6 Å². The second kappa shape index (κ2) is 7.89. The highest BCUT2D eigenvalue weighted by Gasteiger charge is 2.12. The number of nitrogens with zero attached hydrogens (tertiary/aromatic N) is 3. The number of aromatic nitrogens is 2. The van der Waals surface area contributed by atoms with Gasteiger partial charge < -0.3 is 9.26 Å². The minimum atomic E-state index is 0.548. The molecule has 136 valence electrons. The largest absolute Gasteiger partial charge is 0.496 e. The van der Waals surface area contributed by atoms with Crippen LogP contribution in [0.25, 0.3) is 11.4 Å². The predicted octanol–water partition coefficient (Wildman–Crippen LogP) is 4.65. The molecule has 1 heterocycles. The molecular formula is C20H22ClN3O2. The van der Waals surface area contributed by atoms with Gasteiger partial charge in [-0.25, -0.2) is 0 Å². The lowest BCUT2D eigenvalue weighted by atomic mass is 10.1. The monoisotopic (exact) mass is 371 g/mol. The lowest BCUT2D eigenvalue weighted by Crippen LogP contribution is -2.17. The van der Waals surface area contributed by atoms with Crippen molar-refractivity contribution in [2.45, 2.75) is 26.9 Å². The van der Waals surface area contributed by atoms with E-state index < -0.39 is 0 Å². The zero-order valence-corrected chi connectivity index (χ0v) is 16.2. The van der Waals surface area contributed by atoms with E-state index in [1.54, 1.807) is 7.11 Å². The number of rotatable bonds is 6. The van der Waals surface area contributed by atoms with Gasteiger partial charge in [-0.1, -0.05) is 41.0 Å². The maximum atomic E-state index is 6.02. The second-order valence-corrected chi connectivity index (χ2v) is 6.89. The second-order valence-electron chi connectivity index (χ2n) is 6.46. The first-order valence-electron chi connectivity index (χ1n) is 8.37. The molecule has 0 saturated heterocycles. The molecule has 5 nitrogen and oxygen atoms in total. The summed E-state index contributed by atoms with van der Waals surface area (Å²) in [4.78, 5) is 6.60. The highest BCUT2D eigenvalue weighted by atomic mass is 35.5. The molecule has 3 rings (SSSR count). The summed E-state index contributed by atoms with van der Waals surface area (Å²) in [5.41, 5.74) is 4.34. The molecule has 3 aromatic rings. The van der Waals surface area contributed by atoms with Crippen LogP contribution in [-0.2, 0) is 13.1 Å². The summed E-state index contributed by atoms with van der Waals surface area (Å²) >= 11 is 6.02. The van der Waals surface area contributed by atoms with Crippen LogP contribution in [-0.4, -0.2) is 29.2 Å². The van der Waals surface area contributed by atoms with Crippen LogP contribution in [0.15, 0.2) is 40.9 Å². The average Bonchev–Trinajstić information content (AvgIpc) is 3.03. The molecule has 0 radical (unpaired) electrons. The molecule has 6 heteroatoms. The summed E-state index contributed by atoms with van der Waals surface area (Å²) in [5, 5.41) is 4.70. The molecular weight excluding hydrogens is 350 g/mol. The fraction of sp³-hybridized carbons (Fsp3) is 0.300. The lowest BCUT2D eigenvalue weighted by molar-refractivity contribution is 0.260. The lowest BCUT2D eigenvalue weighted by Gasteiger charge is -2.17. The molecule has 1 aromatic heterocycles. The molecule has 0 aliphatic carbocycles. The Labute approximate surface area is 158 Å². The summed E-state index contributed by atoms with van der Waals surface area (Å²) < 4.78 is 10.8. The average molecular weight is 372 g/mol. The van der Waals surface area contributed by atoms with E-state index in [2.05, 4.69) is 41.0 Å². The molecule has 0 bridgehead atoms. The van der Waals surface area contributed by atoms with Crippen LogP contribution in [0.4, 0.5) is 0 Å². The number of hydrogen-bond donors (Lipinski definition) is 0. The first kappa shape index (κ1) is 18.4. The summed E-state index contributed by atoms with van der Waals surface area (Å²) in [5.74, 6) is 2.07. The summed E-state index contributed by atoms with van der Waals surface area (Å²) in [6.45, 7) is 5.47. The van der Waals surface area contributed by atoms with E-state index in [-0.39, 0.29) is 0 Å². The third kappa shape index (κ3) is 4.23. The number of benzene rings is 2. The number of halogens is 1. The van der Waals surface area contributed by atoms with E-state index in [4.69, 9.17) is 20.9 Å². The minimum Gasteiger partial charge on any atom is -0.496 e. The van der Waals surface area contributed by atoms with Crippen molar-refractivity contribution in [3.05, 3.63) is 64.0 Å². The van der Waals surface area contributed by atoms with E-state index >= 15 is 0 Å². The minimum absolute atomic E-state index is 0.548. The molecule has 0 spiro atoms. The van der Waals surface area contributed by atoms with E-state index in [0.29, 0.717) is 23.3 Å². The number of hydrogen-bond acceptors (Lipinski definition) is 5. The van der Waals surface area contributed by atoms with Gasteiger partial charge in [0.1, 0.15) is 5.75 Å². The van der Waals surface area contributed by atoms with Crippen LogP contribution in [0, 0.1) is 13.8 Å². The van der Waals surface area contributed by atoms with Gasteiger partial charge in [0.05, 0.1) is 13.7 Å². The highest BCUT2D eigenvalue weighted by Crippen LogP contribution is 2.25. The maximum Gasteiger partial charge on any atom is 0.241 e. The van der Waals surface area contributed by atoms with Gasteiger partial charge in [-0.3, -0.25) is 4.90 Å². The fourth-order valence-electron chi connectivity index (χ4n) is 3.12. The molecule has 0 aliphatic heterocycles. The third-order valence-corrected chi connectivity index (χ3v) is 4.37. The smallest absolute Gasteiger partial charge is 0.241 e. The summed E-state index contributed by atoms with van der Waals surface area (Å²) in [6, 6.07) is 11.7. The van der Waals surface area contributed by atoms with Gasteiger partial charge in [-0.15, -0.1) is 0 Å². The first-order chi connectivity index (χ1) is 12.5. The highest BCUT2D eigenvalue weighted by molar-refractivity contribution is 6.30. The molecule has 26 heavy (non-hydrogen) atoms. The van der Waals surface area contributed by atoms with Crippen LogP contribution in [0.3, 0.4) is 0 Å². The molecule has 2 aromatic carbocycles. The molecule has 0 N–H and O–H groups in total. The Morgan fingerprint density at radius 2 is 1.85 bits per heavy atom. The Balaban J connectivity index is 1.68. The van der Waals surface area contributed by atoms with E-state index in [1.807, 2.05) is 31.3 Å². The van der Waals surface area contributed by atoms with Crippen LogP contribution in [0.2, 0.25) is 5.02 Å². The van der Waals surface area contributed by atoms with Gasteiger partial charge in [0.25, 0.3) is 0 Å². The molecule has 0 saturated carbocycles. The molecule has 0 aliphatic rings. The fourth-order valence-corrected chi connectivity index (χ4v) is 3.31. The first-order valence-corrected chi connectivity index (χ1v) is 8.75. The van der Waals surface area contributed by atoms with Gasteiger partial charge in [-0.05, 0) is 49.7 Å². The Hall–Kier alpha value is -2.37. The number of aryl methyl sites for hydroxylation is 2. The standard InChI is InChI=1S/C20H22ClN3O2/c1-13-8-15(9-14(2)19(13)25-4)11-24(3)12-18-22-20(23-26-18)16-6-5-7-17(21)10-16/h5-10H,11-12H2,1-4H3. The zero-order chi connectivity index (χ0) is 18.7. The Morgan fingerprint density at radius 3 is 2.50 bits per heavy atom. The third-order valence-electron chi connectivity index (χ3n) is 4.13. The van der Waals surface area contributed by atoms with Crippen LogP contribution in [0.1, 0.15) is 22.6 Å². The molecule has 0 amide bonds. The summed E-state index contributed by atoms with van der Waals surface area (Å²) in [6.07, 6.45) is 0. The van der Waals surface area contributed by atoms with Crippen molar-refractivity contribution in [1.82, 2.24) is 15.0 Å². The SMILES string of the molecule is COc1c(C)cc(CN(C)Cc2nc(-c3cccc(Cl)c3)no2)cc1C. The van der Waals surface area contributed by atoms with Crippen LogP contribution < -0.4 is 4.74 Å². The van der Waals surface area contributed by atoms with Crippen molar-refractivity contribution >= 4 is 11.6 Å². The topological polar surface area (TPSA) is 51.4 Å². The molecule has 0 unspecified atom stereocenters. The van der Waals surface area contributed by atoms with Gasteiger partial charge >= 0.3 is 0 Å². The Kier molecular flexibility index (Phi) is 5.59. The van der Waals surface area contributed by atoms with Gasteiger partial charge in [0.15, 0.2) is 0 Å². The van der Waals surface area contributed by atoms with Crippen molar-refractivity contribution < 1.29 is 9.26 Å². The van der Waals surface area contributed by atoms with Crippen LogP contribution in [0.5, 0.6) is 5.75 Å². The van der Waals surface area contributed by atoms with E-state index in [9.17, 15) is 0 Å². The molecule has 0 atom stereocenters. The Bertz CT molecular complexity index is 885. The van der Waals surface area contributed by atoms with Gasteiger partial charge in [-0.2, -0.15) is 4.98 Å². The van der Waals surface area contributed by atoms with Crippen molar-refractivity contribution in [3.63, 3.8) is 0 Å². The van der Waals surface area contributed by atoms with Gasteiger partial charge in [0.2, 0.25) is 11.7 Å². The quantitative estimate of drug-likeness (QED) is 0.631. The van der Waals surface area contributed by atoms with Crippen molar-refractivity contribution in [1.29, 1.82) is 0 Å². The maximum absolute atomic E-state index is 6.02. The number of methoxy groups -OCH3 is 1. The normalized spacial score (nSPS) is 11.2. The number of ether oxygens (including phenoxy) is 1. The van der Waals surface area contributed by atoms with Crippen molar-refractivity contribution in [2.75, 3.05) is 14.2 Å². The van der Waals surface area contributed by atoms with Crippen molar-refractivity contribution in [2.24, 2.45) is 0 Å². The van der Waals surface area contributed by atoms with E-state index in [1.165, 1.54) is 5.56 Å². The predicted molar refractivity (Wildman–Crippen MR) is 102 cm³/mol. The zero-order valence-electron chi connectivity index (χ0n) is 15.4. The van der Waals surface area contributed by atoms with Crippen molar-refractivity contribution in [3.8, 4) is 17.1 Å². The molecule has 0 fully saturated rings. The summed E-state index contributed by atoms with van der Waals surface area (Å²) in [7, 11) is 3.73. The van der Waals surface area contributed by atoms with Gasteiger partial charge in [0, 0.05) is 17.1 Å².